The van der Waals surface area contributed by atoms with E-state index in [1.54, 1.807) is 16.9 Å². The van der Waals surface area contributed by atoms with Gasteiger partial charge in [-0.2, -0.15) is 0 Å². The number of anilines is 1. The van der Waals surface area contributed by atoms with Crippen LogP contribution < -0.4 is 5.32 Å². The molecule has 0 bridgehead atoms. The van der Waals surface area contributed by atoms with Crippen LogP contribution in [0, 0.1) is 13.8 Å². The van der Waals surface area contributed by atoms with Crippen molar-refractivity contribution in [1.29, 1.82) is 0 Å². The largest absolute Gasteiger partial charge is 0.461 e. The van der Waals surface area contributed by atoms with Crippen molar-refractivity contribution in [2.45, 2.75) is 19.0 Å². The number of carbonyl (C=O) groups excluding carboxylic acids is 1. The van der Waals surface area contributed by atoms with E-state index in [4.69, 9.17) is 4.42 Å². The zero-order valence-corrected chi connectivity index (χ0v) is 17.8. The Bertz CT molecular complexity index is 1150. The molecule has 0 radical (unpaired) electrons. The molecule has 1 N–H and O–H groups in total. The molecule has 0 aliphatic carbocycles. The van der Waals surface area contributed by atoms with Crippen molar-refractivity contribution in [3.8, 4) is 22.8 Å². The van der Waals surface area contributed by atoms with Gasteiger partial charge in [0.25, 0.3) is 0 Å². The van der Waals surface area contributed by atoms with Crippen molar-refractivity contribution in [2.24, 2.45) is 7.05 Å². The van der Waals surface area contributed by atoms with Crippen LogP contribution in [0.5, 0.6) is 0 Å². The third-order valence-corrected chi connectivity index (χ3v) is 6.11. The van der Waals surface area contributed by atoms with Gasteiger partial charge in [0, 0.05) is 18.0 Å². The monoisotopic (exact) mass is 425 g/mol. The van der Waals surface area contributed by atoms with Crippen LogP contribution in [0.15, 0.2) is 51.5 Å². The Kier molecular flexibility index (Phi) is 5.50. The summed E-state index contributed by atoms with van der Waals surface area (Å²) in [5.74, 6) is 1.33. The summed E-state index contributed by atoms with van der Waals surface area (Å²) in [6.45, 7) is 4.11. The van der Waals surface area contributed by atoms with Crippen molar-refractivity contribution >= 4 is 34.1 Å². The van der Waals surface area contributed by atoms with E-state index in [9.17, 15) is 4.79 Å². The van der Waals surface area contributed by atoms with E-state index in [2.05, 4.69) is 52.5 Å². The number of benzene rings is 1. The highest BCUT2D eigenvalue weighted by Crippen LogP contribution is 2.28. The average molecular weight is 426 g/mol. The first-order valence-electron chi connectivity index (χ1n) is 8.90. The van der Waals surface area contributed by atoms with Gasteiger partial charge in [0.05, 0.1) is 17.7 Å². The Morgan fingerprint density at radius 3 is 2.93 bits per heavy atom. The number of furan rings is 1. The number of rotatable bonds is 6. The molecule has 0 fully saturated rings. The van der Waals surface area contributed by atoms with Crippen LogP contribution in [0.25, 0.3) is 22.8 Å². The van der Waals surface area contributed by atoms with Crippen LogP contribution in [-0.2, 0) is 11.8 Å². The first kappa shape index (κ1) is 19.4. The molecule has 148 valence electrons. The molecule has 3 heterocycles. The van der Waals surface area contributed by atoms with Crippen LogP contribution in [0.4, 0.5) is 5.13 Å². The highest BCUT2D eigenvalue weighted by Gasteiger charge is 2.15. The van der Waals surface area contributed by atoms with Crippen LogP contribution in [0.1, 0.15) is 11.1 Å². The van der Waals surface area contributed by atoms with Crippen molar-refractivity contribution in [1.82, 2.24) is 19.7 Å². The molecule has 4 aromatic rings. The molecule has 0 spiro atoms. The summed E-state index contributed by atoms with van der Waals surface area (Å²) in [6.07, 6.45) is 1.59. The normalized spacial score (nSPS) is 11.0. The third-order valence-electron chi connectivity index (χ3n) is 4.33. The lowest BCUT2D eigenvalue weighted by Gasteiger charge is -2.04. The molecule has 29 heavy (non-hydrogen) atoms. The lowest BCUT2D eigenvalue weighted by atomic mass is 10.0. The number of aryl methyl sites for hydroxylation is 2. The topological polar surface area (TPSA) is 85.8 Å². The molecule has 0 aliphatic rings. The van der Waals surface area contributed by atoms with E-state index in [0.717, 1.165) is 16.8 Å². The number of hydrogen-bond donors (Lipinski definition) is 1. The zero-order valence-electron chi connectivity index (χ0n) is 16.2. The fourth-order valence-corrected chi connectivity index (χ4v) is 4.25. The van der Waals surface area contributed by atoms with Gasteiger partial charge in [-0.15, -0.1) is 21.5 Å². The van der Waals surface area contributed by atoms with E-state index >= 15 is 0 Å². The molecule has 0 unspecified atom stereocenters. The van der Waals surface area contributed by atoms with Crippen molar-refractivity contribution in [3.63, 3.8) is 0 Å². The van der Waals surface area contributed by atoms with Gasteiger partial charge in [-0.05, 0) is 37.6 Å². The summed E-state index contributed by atoms with van der Waals surface area (Å²) in [6, 6.07) is 9.88. The Morgan fingerprint density at radius 2 is 2.14 bits per heavy atom. The highest BCUT2D eigenvalue weighted by molar-refractivity contribution is 7.99. The molecule has 0 atom stereocenters. The van der Waals surface area contributed by atoms with Crippen LogP contribution in [-0.4, -0.2) is 31.4 Å². The number of nitrogens with zero attached hydrogens (tertiary/aromatic N) is 4. The summed E-state index contributed by atoms with van der Waals surface area (Å²) < 4.78 is 7.16. The summed E-state index contributed by atoms with van der Waals surface area (Å²) in [7, 11) is 1.84. The molecule has 3 aromatic heterocycles. The molecule has 1 amide bonds. The van der Waals surface area contributed by atoms with E-state index in [1.165, 1.54) is 28.7 Å². The molecule has 4 rings (SSSR count). The summed E-state index contributed by atoms with van der Waals surface area (Å²) in [5, 5.41) is 14.3. The first-order chi connectivity index (χ1) is 14.0. The van der Waals surface area contributed by atoms with Crippen LogP contribution in [0.2, 0.25) is 0 Å². The molecule has 0 aliphatic heterocycles. The van der Waals surface area contributed by atoms with Gasteiger partial charge in [0.1, 0.15) is 0 Å². The van der Waals surface area contributed by atoms with E-state index in [1.807, 2.05) is 18.5 Å². The Morgan fingerprint density at radius 1 is 1.28 bits per heavy atom. The number of nitrogens with one attached hydrogen (secondary N) is 1. The second-order valence-electron chi connectivity index (χ2n) is 6.54. The molecule has 0 saturated heterocycles. The second kappa shape index (κ2) is 8.22. The van der Waals surface area contributed by atoms with E-state index in [-0.39, 0.29) is 11.7 Å². The molecular weight excluding hydrogens is 406 g/mol. The summed E-state index contributed by atoms with van der Waals surface area (Å²) in [4.78, 5) is 16.9. The highest BCUT2D eigenvalue weighted by atomic mass is 32.2. The van der Waals surface area contributed by atoms with Gasteiger partial charge in [-0.3, -0.25) is 4.79 Å². The van der Waals surface area contributed by atoms with E-state index < -0.39 is 0 Å². The number of carbonyl (C=O) groups is 1. The predicted molar refractivity (Wildman–Crippen MR) is 115 cm³/mol. The Hall–Kier alpha value is -2.91. The lowest BCUT2D eigenvalue weighted by Crippen LogP contribution is -2.14. The molecule has 7 nitrogen and oxygen atoms in total. The van der Waals surface area contributed by atoms with E-state index in [0.29, 0.717) is 21.9 Å². The molecule has 9 heteroatoms. The van der Waals surface area contributed by atoms with Crippen molar-refractivity contribution in [2.75, 3.05) is 11.1 Å². The van der Waals surface area contributed by atoms with Crippen molar-refractivity contribution < 1.29 is 9.21 Å². The Balaban J connectivity index is 1.39. The lowest BCUT2D eigenvalue weighted by molar-refractivity contribution is -0.113. The minimum Gasteiger partial charge on any atom is -0.461 e. The minimum atomic E-state index is -0.139. The first-order valence-corrected chi connectivity index (χ1v) is 10.8. The summed E-state index contributed by atoms with van der Waals surface area (Å²) >= 11 is 2.73. The van der Waals surface area contributed by atoms with Gasteiger partial charge in [-0.25, -0.2) is 4.98 Å². The maximum Gasteiger partial charge on any atom is 0.236 e. The van der Waals surface area contributed by atoms with Crippen molar-refractivity contribution in [3.05, 3.63) is 53.1 Å². The molecule has 1 aromatic carbocycles. The molecular formula is C20H19N5O2S2. The van der Waals surface area contributed by atoms with Crippen LogP contribution in [0.3, 0.4) is 0 Å². The van der Waals surface area contributed by atoms with Gasteiger partial charge >= 0.3 is 0 Å². The van der Waals surface area contributed by atoms with Gasteiger partial charge in [0.15, 0.2) is 21.9 Å². The quantitative estimate of drug-likeness (QED) is 0.456. The minimum absolute atomic E-state index is 0.139. The van der Waals surface area contributed by atoms with Gasteiger partial charge < -0.3 is 14.3 Å². The standard InChI is InChI=1S/C20H19N5O2S2/c1-12-6-7-13(2)14(9-12)15-10-28-19(21-15)22-17(26)11-29-20-24-23-18(25(20)3)16-5-4-8-27-16/h4-10H,11H2,1-3H3,(H,21,22,26). The number of thiazole rings is 1. The zero-order chi connectivity index (χ0) is 20.4. The maximum atomic E-state index is 12.4. The van der Waals surface area contributed by atoms with Gasteiger partial charge in [-0.1, -0.05) is 29.5 Å². The number of amides is 1. The SMILES string of the molecule is Cc1ccc(C)c(-c2csc(NC(=O)CSc3nnc(-c4ccco4)n3C)n2)c1. The molecule has 0 saturated carbocycles. The van der Waals surface area contributed by atoms with Gasteiger partial charge in [0.2, 0.25) is 5.91 Å². The average Bonchev–Trinajstić information content (AvgIpc) is 3.44. The predicted octanol–water partition coefficient (Wildman–Crippen LogP) is 4.55. The fraction of sp³-hybridized carbons (Fsp3) is 0.200. The smallest absolute Gasteiger partial charge is 0.236 e. The van der Waals surface area contributed by atoms with Crippen LogP contribution >= 0.6 is 23.1 Å². The summed E-state index contributed by atoms with van der Waals surface area (Å²) in [5.41, 5.74) is 4.29. The second-order valence-corrected chi connectivity index (χ2v) is 8.34. The third kappa shape index (κ3) is 4.25. The number of aromatic nitrogens is 4. The fourth-order valence-electron chi connectivity index (χ4n) is 2.81. The number of hydrogen-bond acceptors (Lipinski definition) is 7. The Labute approximate surface area is 176 Å². The number of thioether (sulfide) groups is 1. The maximum absolute atomic E-state index is 12.4.